The van der Waals surface area contributed by atoms with E-state index in [1.807, 2.05) is 6.92 Å². The molecule has 0 amide bonds. The van der Waals surface area contributed by atoms with E-state index in [0.717, 1.165) is 74.8 Å². The topological polar surface area (TPSA) is 94.1 Å². The van der Waals surface area contributed by atoms with Crippen LogP contribution in [-0.4, -0.2) is 104 Å². The molecule has 0 aliphatic rings. The van der Waals surface area contributed by atoms with Gasteiger partial charge in [0.15, 0.2) is 33.3 Å². The third-order valence-electron chi connectivity index (χ3n) is 8.48. The van der Waals surface area contributed by atoms with Crippen molar-refractivity contribution in [2.24, 2.45) is 0 Å². The smallest absolute Gasteiger partial charge is 0.455 e. The first kappa shape index (κ1) is 43.9. The van der Waals surface area contributed by atoms with Crippen molar-refractivity contribution in [2.45, 2.75) is 140 Å². The second-order valence-corrected chi connectivity index (χ2v) is 38.6. The van der Waals surface area contributed by atoms with Gasteiger partial charge in [0, 0.05) is 54.7 Å². The molecule has 9 nitrogen and oxygen atoms in total. The van der Waals surface area contributed by atoms with E-state index in [9.17, 15) is 5.11 Å². The van der Waals surface area contributed by atoms with Gasteiger partial charge in [0.25, 0.3) is 0 Å². The highest BCUT2D eigenvalue weighted by molar-refractivity contribution is 6.85. The average molecular weight is 719 g/mol. The zero-order valence-electron chi connectivity index (χ0n) is 30.7. The molecule has 0 saturated carbocycles. The van der Waals surface area contributed by atoms with Gasteiger partial charge in [-0.25, -0.2) is 0 Å². The molecule has 0 atom stereocenters. The Bertz CT molecular complexity index is 684. The first-order valence-corrected chi connectivity index (χ1v) is 32.4. The Hall–Kier alpha value is 0.941. The van der Waals surface area contributed by atoms with Crippen LogP contribution >= 0.6 is 0 Å². The maximum Gasteiger partial charge on any atom is 0.500 e. The van der Waals surface area contributed by atoms with Crippen molar-refractivity contribution in [1.82, 2.24) is 0 Å². The Morgan fingerprint density at radius 3 is 0.884 bits per heavy atom. The van der Waals surface area contributed by atoms with Crippen molar-refractivity contribution in [3.05, 3.63) is 0 Å². The predicted molar refractivity (Wildman–Crippen MR) is 193 cm³/mol. The Morgan fingerprint density at radius 1 is 0.419 bits per heavy atom. The molecule has 1 N–H and O–H groups in total. The predicted octanol–water partition coefficient (Wildman–Crippen LogP) is 7.69. The van der Waals surface area contributed by atoms with Crippen LogP contribution in [0.25, 0.3) is 0 Å². The molecule has 0 bridgehead atoms. The molecule has 0 aliphatic heterocycles. The van der Waals surface area contributed by atoms with Gasteiger partial charge in [-0.3, -0.25) is 0 Å². The Labute approximate surface area is 272 Å². The number of hydrogen-bond acceptors (Lipinski definition) is 9. The number of hydrogen-bond donors (Lipinski definition) is 1. The van der Waals surface area contributed by atoms with Crippen molar-refractivity contribution in [3.8, 4) is 0 Å². The van der Waals surface area contributed by atoms with Crippen molar-refractivity contribution in [2.75, 3.05) is 42.7 Å². The second-order valence-electron chi connectivity index (χ2n) is 14.7. The van der Waals surface area contributed by atoms with E-state index >= 15 is 0 Å². The molecule has 0 unspecified atom stereocenters. The molecular weight excluding hydrogens is 649 g/mol. The van der Waals surface area contributed by atoms with Crippen LogP contribution in [-0.2, 0) is 34.8 Å². The summed E-state index contributed by atoms with van der Waals surface area (Å²) in [5, 5.41) is 11.2. The van der Waals surface area contributed by atoms with Crippen molar-refractivity contribution < 1.29 is 39.9 Å². The van der Waals surface area contributed by atoms with Gasteiger partial charge in [0.05, 0.1) is 5.60 Å². The van der Waals surface area contributed by atoms with E-state index in [1.54, 1.807) is 42.7 Å². The summed E-state index contributed by atoms with van der Waals surface area (Å²) < 4.78 is 47.2. The summed E-state index contributed by atoms with van der Waals surface area (Å²) in [6, 6.07) is 5.87. The van der Waals surface area contributed by atoms with E-state index in [1.165, 1.54) is 0 Å². The van der Waals surface area contributed by atoms with E-state index < -0.39 is 56.5 Å². The van der Waals surface area contributed by atoms with E-state index in [-0.39, 0.29) is 0 Å². The summed E-state index contributed by atoms with van der Waals surface area (Å²) in [5.41, 5.74) is -0.655. The molecule has 0 aromatic carbocycles. The second kappa shape index (κ2) is 19.1. The molecule has 0 aliphatic carbocycles. The monoisotopic (exact) mass is 718 g/mol. The lowest BCUT2D eigenvalue weighted by Gasteiger charge is -2.36. The summed E-state index contributed by atoms with van der Waals surface area (Å²) in [5.74, 6) is 0. The highest BCUT2D eigenvalue weighted by atomic mass is 28.4. The summed E-state index contributed by atoms with van der Waals surface area (Å²) in [7, 11) is -2.37. The molecule has 0 fully saturated rings. The molecule has 0 aromatic rings. The van der Waals surface area contributed by atoms with Crippen LogP contribution in [0.5, 0.6) is 0 Å². The highest BCUT2D eigenvalue weighted by Crippen LogP contribution is 2.31. The van der Waals surface area contributed by atoms with Crippen molar-refractivity contribution in [1.29, 1.82) is 0 Å². The van der Waals surface area contributed by atoms with Crippen LogP contribution in [0.1, 0.15) is 45.4 Å². The van der Waals surface area contributed by atoms with Crippen molar-refractivity contribution >= 4 is 50.9 Å². The molecule has 15 heteroatoms. The van der Waals surface area contributed by atoms with Gasteiger partial charge in [-0.1, -0.05) is 12.8 Å². The number of aliphatic hydroxyl groups is 1. The van der Waals surface area contributed by atoms with E-state index in [4.69, 9.17) is 34.8 Å². The quantitative estimate of drug-likeness (QED) is 0.0904. The summed E-state index contributed by atoms with van der Waals surface area (Å²) in [6.45, 7) is 20.6. The molecule has 0 saturated heterocycles. The zero-order chi connectivity index (χ0) is 33.6. The Balaban J connectivity index is 4.65. The van der Waals surface area contributed by atoms with Gasteiger partial charge >= 0.3 is 17.6 Å². The lowest BCUT2D eigenvalue weighted by Crippen LogP contribution is -2.46. The fraction of sp³-hybridized carbons (Fsp3) is 1.00. The molecule has 0 aromatic heterocycles. The van der Waals surface area contributed by atoms with Gasteiger partial charge < -0.3 is 39.9 Å². The van der Waals surface area contributed by atoms with Crippen LogP contribution in [0.3, 0.4) is 0 Å². The minimum atomic E-state index is -2.53. The van der Waals surface area contributed by atoms with Crippen molar-refractivity contribution in [3.63, 3.8) is 0 Å². The third kappa shape index (κ3) is 18.2. The lowest BCUT2D eigenvalue weighted by molar-refractivity contribution is 0.0401. The first-order valence-electron chi connectivity index (χ1n) is 16.0. The molecule has 0 spiro atoms. The zero-order valence-corrected chi connectivity index (χ0v) is 36.7. The first-order chi connectivity index (χ1) is 19.6. The fourth-order valence-electron chi connectivity index (χ4n) is 6.19. The highest BCUT2D eigenvalue weighted by Gasteiger charge is 2.41. The molecular formula is C28H70O9Si6. The van der Waals surface area contributed by atoms with Gasteiger partial charge in [-0.2, -0.15) is 0 Å². The normalized spacial score (nSPS) is 14.5. The molecule has 0 rings (SSSR count). The standard InChI is InChI=1S/C28H70O9Si6/c1-28(29,20-16-22-38(8,9)36-40(12,13)24-18-26-42(30-2,31-3)32-4)21-17-23-39(10,11)37-41(14,15)25-19-27-43(33-5,34-6)35-7/h29H,16-27H2,1-15H3. The van der Waals surface area contributed by atoms with Crippen LogP contribution in [0, 0.1) is 0 Å². The summed E-state index contributed by atoms with van der Waals surface area (Å²) >= 11 is 0. The largest absolute Gasteiger partial charge is 0.500 e. The number of rotatable bonds is 26. The maximum atomic E-state index is 11.2. The van der Waals surface area contributed by atoms with Crippen LogP contribution < -0.4 is 0 Å². The SMILES string of the molecule is CO[Si](CCC[Si](C)(C)O[Si](C)(C)CCCC(C)(O)CCC[Si](C)(C)O[Si](C)(C)CCC[Si](OC)(OC)OC)(OC)OC. The van der Waals surface area contributed by atoms with E-state index in [2.05, 4.69) is 52.4 Å². The molecule has 0 radical (unpaired) electrons. The fourth-order valence-corrected chi connectivity index (χ4v) is 28.1. The maximum absolute atomic E-state index is 11.2. The van der Waals surface area contributed by atoms with Crippen LogP contribution in [0.15, 0.2) is 0 Å². The van der Waals surface area contributed by atoms with Gasteiger partial charge in [-0.05, 0) is 109 Å². The van der Waals surface area contributed by atoms with Gasteiger partial charge in [0.2, 0.25) is 0 Å². The van der Waals surface area contributed by atoms with Gasteiger partial charge in [0.1, 0.15) is 0 Å². The van der Waals surface area contributed by atoms with Gasteiger partial charge in [-0.15, -0.1) is 0 Å². The minimum Gasteiger partial charge on any atom is -0.455 e. The Kier molecular flexibility index (Phi) is 19.5. The lowest BCUT2D eigenvalue weighted by atomic mass is 9.95. The van der Waals surface area contributed by atoms with Crippen LogP contribution in [0.2, 0.25) is 88.6 Å². The van der Waals surface area contributed by atoms with E-state index in [0.29, 0.717) is 0 Å². The summed E-state index contributed by atoms with van der Waals surface area (Å²) in [4.78, 5) is 0. The summed E-state index contributed by atoms with van der Waals surface area (Å²) in [6.07, 6.45) is 5.59. The Morgan fingerprint density at radius 2 is 0.651 bits per heavy atom. The molecule has 260 valence electrons. The molecule has 43 heavy (non-hydrogen) atoms. The minimum absolute atomic E-state index is 0.655. The third-order valence-corrected chi connectivity index (χ3v) is 29.2. The molecule has 0 heterocycles. The van der Waals surface area contributed by atoms with Crippen LogP contribution in [0.4, 0.5) is 0 Å². The average Bonchev–Trinajstić information content (AvgIpc) is 2.87.